The van der Waals surface area contributed by atoms with Crippen LogP contribution in [0.15, 0.2) is 54.6 Å². The number of hydrogen-bond donors (Lipinski definition) is 1. The number of carbonyl (C=O) groups excluding carboxylic acids is 1. The minimum absolute atomic E-state index is 0.109. The molecule has 0 aromatic heterocycles. The Labute approximate surface area is 179 Å². The van der Waals surface area contributed by atoms with E-state index in [9.17, 15) is 4.79 Å². The van der Waals surface area contributed by atoms with E-state index in [1.807, 2.05) is 18.2 Å². The van der Waals surface area contributed by atoms with Crippen molar-refractivity contribution < 1.29 is 14.3 Å². The highest BCUT2D eigenvalue weighted by Crippen LogP contribution is 2.24. The minimum atomic E-state index is -0.109. The fourth-order valence-corrected chi connectivity index (χ4v) is 3.54. The summed E-state index contributed by atoms with van der Waals surface area (Å²) < 4.78 is 10.6. The number of nitrogens with zero attached hydrogens (tertiary/aromatic N) is 2. The van der Waals surface area contributed by atoms with Gasteiger partial charge in [0.2, 0.25) is 5.91 Å². The summed E-state index contributed by atoms with van der Waals surface area (Å²) in [5.41, 5.74) is 2.17. The van der Waals surface area contributed by atoms with Crippen LogP contribution in [-0.4, -0.2) is 69.2 Å². The quantitative estimate of drug-likeness (QED) is 0.646. The first-order chi connectivity index (χ1) is 14.7. The van der Waals surface area contributed by atoms with Gasteiger partial charge in [-0.15, -0.1) is 0 Å². The van der Waals surface area contributed by atoms with Crippen LogP contribution in [0.5, 0.6) is 11.5 Å². The fraction of sp³-hybridized carbons (Fsp3) is 0.375. The van der Waals surface area contributed by atoms with Crippen molar-refractivity contribution in [2.45, 2.75) is 6.54 Å². The van der Waals surface area contributed by atoms with Gasteiger partial charge in [0.05, 0.1) is 14.2 Å². The summed E-state index contributed by atoms with van der Waals surface area (Å²) in [4.78, 5) is 17.1. The molecule has 1 N–H and O–H groups in total. The molecular formula is C24H31N3O3. The fourth-order valence-electron chi connectivity index (χ4n) is 3.54. The van der Waals surface area contributed by atoms with Crippen molar-refractivity contribution in [1.82, 2.24) is 15.1 Å². The van der Waals surface area contributed by atoms with Crippen LogP contribution in [0.4, 0.5) is 0 Å². The molecule has 6 nitrogen and oxygen atoms in total. The highest BCUT2D eigenvalue weighted by molar-refractivity contribution is 5.92. The Morgan fingerprint density at radius 3 is 2.43 bits per heavy atom. The lowest BCUT2D eigenvalue weighted by molar-refractivity contribution is -0.116. The number of methoxy groups -OCH3 is 2. The number of amides is 1. The molecule has 30 heavy (non-hydrogen) atoms. The zero-order valence-electron chi connectivity index (χ0n) is 17.8. The number of hydrogen-bond acceptors (Lipinski definition) is 5. The van der Waals surface area contributed by atoms with Crippen molar-refractivity contribution in [3.8, 4) is 11.5 Å². The molecule has 6 heteroatoms. The van der Waals surface area contributed by atoms with Crippen molar-refractivity contribution >= 4 is 12.0 Å². The summed E-state index contributed by atoms with van der Waals surface area (Å²) >= 11 is 0. The monoisotopic (exact) mass is 409 g/mol. The molecule has 160 valence electrons. The molecule has 0 bridgehead atoms. The van der Waals surface area contributed by atoms with Crippen LogP contribution in [-0.2, 0) is 11.3 Å². The normalized spacial score (nSPS) is 15.3. The third-order valence-corrected chi connectivity index (χ3v) is 5.29. The average molecular weight is 410 g/mol. The van der Waals surface area contributed by atoms with Gasteiger partial charge in [-0.25, -0.2) is 0 Å². The van der Waals surface area contributed by atoms with E-state index in [0.29, 0.717) is 12.3 Å². The van der Waals surface area contributed by atoms with Gasteiger partial charge < -0.3 is 14.8 Å². The standard InChI is InChI=1S/C24H31N3O3/c1-29-22-9-10-23(30-2)21(18-22)8-11-24(28)25-12-13-26-14-16-27(17-15-26)19-20-6-4-3-5-7-20/h3-11,18H,12-17,19H2,1-2H3,(H,25,28)/b11-8+. The molecule has 0 unspecified atom stereocenters. The third-order valence-electron chi connectivity index (χ3n) is 5.29. The molecule has 1 amide bonds. The first-order valence-corrected chi connectivity index (χ1v) is 10.3. The molecule has 1 fully saturated rings. The van der Waals surface area contributed by atoms with Crippen LogP contribution >= 0.6 is 0 Å². The molecule has 0 aliphatic carbocycles. The largest absolute Gasteiger partial charge is 0.497 e. The molecule has 1 aliphatic rings. The van der Waals surface area contributed by atoms with Crippen LogP contribution in [0.25, 0.3) is 6.08 Å². The Balaban J connectivity index is 1.38. The summed E-state index contributed by atoms with van der Waals surface area (Å²) in [5, 5.41) is 2.96. The lowest BCUT2D eigenvalue weighted by Gasteiger charge is -2.34. The molecule has 0 saturated carbocycles. The van der Waals surface area contributed by atoms with E-state index in [4.69, 9.17) is 9.47 Å². The summed E-state index contributed by atoms with van der Waals surface area (Å²) in [6.45, 7) is 6.66. The first-order valence-electron chi connectivity index (χ1n) is 10.3. The van der Waals surface area contributed by atoms with Crippen LogP contribution in [0.3, 0.4) is 0 Å². The second-order valence-electron chi connectivity index (χ2n) is 7.34. The molecule has 2 aromatic carbocycles. The Bertz CT molecular complexity index is 831. The Morgan fingerprint density at radius 2 is 1.73 bits per heavy atom. The van der Waals surface area contributed by atoms with Gasteiger partial charge in [0.1, 0.15) is 11.5 Å². The molecular weight excluding hydrogens is 378 g/mol. The van der Waals surface area contributed by atoms with Gasteiger partial charge in [0.25, 0.3) is 0 Å². The van der Waals surface area contributed by atoms with E-state index in [1.165, 1.54) is 11.6 Å². The van der Waals surface area contributed by atoms with Crippen molar-refractivity contribution in [2.75, 3.05) is 53.5 Å². The van der Waals surface area contributed by atoms with Gasteiger partial charge in [-0.1, -0.05) is 30.3 Å². The van der Waals surface area contributed by atoms with E-state index in [2.05, 4.69) is 45.4 Å². The van der Waals surface area contributed by atoms with Crippen molar-refractivity contribution in [3.05, 3.63) is 65.7 Å². The van der Waals surface area contributed by atoms with Crippen LogP contribution in [0, 0.1) is 0 Å². The first kappa shape index (κ1) is 21.9. The maximum Gasteiger partial charge on any atom is 0.244 e. The Hall–Kier alpha value is -2.83. The van der Waals surface area contributed by atoms with Gasteiger partial charge in [-0.3, -0.25) is 14.6 Å². The second kappa shape index (κ2) is 11.4. The average Bonchev–Trinajstić information content (AvgIpc) is 2.79. The van der Waals surface area contributed by atoms with E-state index in [0.717, 1.165) is 50.6 Å². The summed E-state index contributed by atoms with van der Waals surface area (Å²) in [5.74, 6) is 1.32. The zero-order chi connectivity index (χ0) is 21.2. The maximum absolute atomic E-state index is 12.2. The Morgan fingerprint density at radius 1 is 1.00 bits per heavy atom. The van der Waals surface area contributed by atoms with E-state index in [1.54, 1.807) is 20.3 Å². The number of piperazine rings is 1. The molecule has 0 atom stereocenters. The summed E-state index contributed by atoms with van der Waals surface area (Å²) in [7, 11) is 3.22. The van der Waals surface area contributed by atoms with Crippen molar-refractivity contribution in [1.29, 1.82) is 0 Å². The number of carbonyl (C=O) groups is 1. The predicted molar refractivity (Wildman–Crippen MR) is 120 cm³/mol. The minimum Gasteiger partial charge on any atom is -0.497 e. The number of nitrogens with one attached hydrogen (secondary N) is 1. The molecule has 0 spiro atoms. The molecule has 0 radical (unpaired) electrons. The van der Waals surface area contributed by atoms with Crippen molar-refractivity contribution in [3.63, 3.8) is 0 Å². The predicted octanol–water partition coefficient (Wildman–Crippen LogP) is 2.65. The molecule has 1 saturated heterocycles. The summed E-state index contributed by atoms with van der Waals surface area (Å²) in [6, 6.07) is 16.1. The highest BCUT2D eigenvalue weighted by Gasteiger charge is 2.16. The Kier molecular flexibility index (Phi) is 8.30. The lowest BCUT2D eigenvalue weighted by Crippen LogP contribution is -2.47. The molecule has 1 aliphatic heterocycles. The van der Waals surface area contributed by atoms with Crippen LogP contribution < -0.4 is 14.8 Å². The van der Waals surface area contributed by atoms with E-state index >= 15 is 0 Å². The van der Waals surface area contributed by atoms with Gasteiger partial charge in [0.15, 0.2) is 0 Å². The van der Waals surface area contributed by atoms with Gasteiger partial charge in [-0.05, 0) is 29.8 Å². The number of rotatable bonds is 9. The maximum atomic E-state index is 12.2. The summed E-state index contributed by atoms with van der Waals surface area (Å²) in [6.07, 6.45) is 3.29. The lowest BCUT2D eigenvalue weighted by atomic mass is 10.1. The highest BCUT2D eigenvalue weighted by atomic mass is 16.5. The number of ether oxygens (including phenoxy) is 2. The van der Waals surface area contributed by atoms with Crippen molar-refractivity contribution in [2.24, 2.45) is 0 Å². The van der Waals surface area contributed by atoms with Gasteiger partial charge >= 0.3 is 0 Å². The topological polar surface area (TPSA) is 54.0 Å². The number of benzene rings is 2. The SMILES string of the molecule is COc1ccc(OC)c(/C=C/C(=O)NCCN2CCN(Cc3ccccc3)CC2)c1. The van der Waals surface area contributed by atoms with Crippen LogP contribution in [0.1, 0.15) is 11.1 Å². The second-order valence-corrected chi connectivity index (χ2v) is 7.34. The molecule has 3 rings (SSSR count). The van der Waals surface area contributed by atoms with E-state index < -0.39 is 0 Å². The van der Waals surface area contributed by atoms with Crippen LogP contribution in [0.2, 0.25) is 0 Å². The van der Waals surface area contributed by atoms with Gasteiger partial charge in [-0.2, -0.15) is 0 Å². The van der Waals surface area contributed by atoms with E-state index in [-0.39, 0.29) is 5.91 Å². The molecule has 1 heterocycles. The third kappa shape index (κ3) is 6.61. The smallest absolute Gasteiger partial charge is 0.244 e. The van der Waals surface area contributed by atoms with Gasteiger partial charge in [0, 0.05) is 57.5 Å². The molecule has 2 aromatic rings. The zero-order valence-corrected chi connectivity index (χ0v) is 17.8.